The number of hydrogen-bond donors (Lipinski definition) is 2. The number of aryl methyl sites for hydroxylation is 1. The molecule has 2 aromatic rings. The van der Waals surface area contributed by atoms with E-state index in [1.54, 1.807) is 0 Å². The monoisotopic (exact) mass is 292 g/mol. The highest BCUT2D eigenvalue weighted by Crippen LogP contribution is 2.42. The minimum Gasteiger partial charge on any atom is -0.271 e. The van der Waals surface area contributed by atoms with E-state index in [1.165, 1.54) is 35.3 Å². The van der Waals surface area contributed by atoms with Gasteiger partial charge in [-0.05, 0) is 54.0 Å². The number of nitrogens with one attached hydrogen (secondary N) is 1. The Morgan fingerprint density at radius 1 is 1.37 bits per heavy atom. The maximum Gasteiger partial charge on any atom is 0.0529 e. The molecule has 2 unspecified atom stereocenters. The molecule has 1 aliphatic carbocycles. The van der Waals surface area contributed by atoms with Crippen molar-refractivity contribution in [1.82, 2.24) is 5.43 Å². The van der Waals surface area contributed by atoms with E-state index in [0.717, 1.165) is 5.02 Å². The maximum absolute atomic E-state index is 6.10. The van der Waals surface area contributed by atoms with E-state index < -0.39 is 0 Å². The Morgan fingerprint density at radius 2 is 2.26 bits per heavy atom. The van der Waals surface area contributed by atoms with Crippen LogP contribution in [0.3, 0.4) is 0 Å². The number of hydrazine groups is 1. The summed E-state index contributed by atoms with van der Waals surface area (Å²) in [7, 11) is 0. The van der Waals surface area contributed by atoms with E-state index in [4.69, 9.17) is 17.4 Å². The molecule has 1 heterocycles. The van der Waals surface area contributed by atoms with Crippen LogP contribution in [-0.2, 0) is 6.42 Å². The summed E-state index contributed by atoms with van der Waals surface area (Å²) in [6.45, 7) is 0. The number of rotatable bonds is 3. The Labute approximate surface area is 122 Å². The third-order valence-electron chi connectivity index (χ3n) is 3.89. The average molecular weight is 293 g/mol. The molecule has 0 saturated heterocycles. The fourth-order valence-electron chi connectivity index (χ4n) is 3.01. The second-order valence-corrected chi connectivity index (χ2v) is 6.43. The second kappa shape index (κ2) is 5.63. The molecule has 3 rings (SSSR count). The van der Waals surface area contributed by atoms with Crippen LogP contribution in [0.25, 0.3) is 0 Å². The number of hydrogen-bond acceptors (Lipinski definition) is 3. The van der Waals surface area contributed by atoms with E-state index in [1.807, 2.05) is 29.5 Å². The summed E-state index contributed by atoms with van der Waals surface area (Å²) in [5.74, 6) is 6.26. The number of thiophene rings is 1. The molecule has 1 aromatic carbocycles. The van der Waals surface area contributed by atoms with Crippen molar-refractivity contribution in [3.8, 4) is 0 Å². The van der Waals surface area contributed by atoms with Gasteiger partial charge in [0.15, 0.2) is 0 Å². The molecule has 0 aliphatic heterocycles. The zero-order valence-corrected chi connectivity index (χ0v) is 12.2. The first kappa shape index (κ1) is 13.1. The van der Waals surface area contributed by atoms with Crippen molar-refractivity contribution < 1.29 is 0 Å². The van der Waals surface area contributed by atoms with Crippen LogP contribution in [0.4, 0.5) is 0 Å². The zero-order valence-electron chi connectivity index (χ0n) is 10.6. The number of halogens is 1. The first-order chi connectivity index (χ1) is 9.29. The van der Waals surface area contributed by atoms with E-state index in [-0.39, 0.29) is 6.04 Å². The highest BCUT2D eigenvalue weighted by molar-refractivity contribution is 7.10. The van der Waals surface area contributed by atoms with Crippen molar-refractivity contribution >= 4 is 22.9 Å². The molecule has 0 amide bonds. The summed E-state index contributed by atoms with van der Waals surface area (Å²) < 4.78 is 0. The Hall–Kier alpha value is -0.870. The van der Waals surface area contributed by atoms with Gasteiger partial charge in [-0.3, -0.25) is 11.3 Å². The summed E-state index contributed by atoms with van der Waals surface area (Å²) in [5.41, 5.74) is 5.62. The molecule has 0 bridgehead atoms. The predicted octanol–water partition coefficient (Wildman–Crippen LogP) is 4.03. The minimum absolute atomic E-state index is 0.132. The van der Waals surface area contributed by atoms with Gasteiger partial charge in [0.05, 0.1) is 6.04 Å². The van der Waals surface area contributed by atoms with E-state index in [9.17, 15) is 0 Å². The normalized spacial score (nSPS) is 20.0. The van der Waals surface area contributed by atoms with Gasteiger partial charge in [-0.1, -0.05) is 23.7 Å². The summed E-state index contributed by atoms with van der Waals surface area (Å²) in [5, 5.41) is 2.95. The van der Waals surface area contributed by atoms with Gasteiger partial charge in [0.1, 0.15) is 0 Å². The molecule has 1 aliphatic rings. The predicted molar refractivity (Wildman–Crippen MR) is 81.5 cm³/mol. The van der Waals surface area contributed by atoms with Crippen molar-refractivity contribution in [2.75, 3.05) is 0 Å². The van der Waals surface area contributed by atoms with Crippen molar-refractivity contribution in [3.63, 3.8) is 0 Å². The molecular weight excluding hydrogens is 276 g/mol. The first-order valence-electron chi connectivity index (χ1n) is 6.57. The molecule has 0 radical (unpaired) electrons. The maximum atomic E-state index is 6.10. The summed E-state index contributed by atoms with van der Waals surface area (Å²) in [6.07, 6.45) is 3.61. The van der Waals surface area contributed by atoms with Crippen molar-refractivity contribution in [3.05, 3.63) is 56.7 Å². The Bertz CT molecular complexity index is 567. The number of nitrogens with two attached hydrogens (primary N) is 1. The van der Waals surface area contributed by atoms with Crippen LogP contribution >= 0.6 is 22.9 Å². The van der Waals surface area contributed by atoms with Crippen LogP contribution in [0.15, 0.2) is 35.7 Å². The van der Waals surface area contributed by atoms with Gasteiger partial charge in [-0.25, -0.2) is 0 Å². The molecule has 4 heteroatoms. The van der Waals surface area contributed by atoms with Crippen LogP contribution in [0.1, 0.15) is 40.8 Å². The van der Waals surface area contributed by atoms with Gasteiger partial charge in [-0.15, -0.1) is 11.3 Å². The molecule has 100 valence electrons. The van der Waals surface area contributed by atoms with Crippen molar-refractivity contribution in [1.29, 1.82) is 0 Å². The number of fused-ring (bicyclic) bond motifs is 1. The van der Waals surface area contributed by atoms with Gasteiger partial charge in [0.2, 0.25) is 0 Å². The van der Waals surface area contributed by atoms with Crippen LogP contribution in [0.2, 0.25) is 5.02 Å². The lowest BCUT2D eigenvalue weighted by atomic mass is 9.80. The van der Waals surface area contributed by atoms with Crippen LogP contribution in [0.5, 0.6) is 0 Å². The topological polar surface area (TPSA) is 38.0 Å². The van der Waals surface area contributed by atoms with Gasteiger partial charge < -0.3 is 0 Å². The Balaban J connectivity index is 1.96. The van der Waals surface area contributed by atoms with Crippen LogP contribution in [-0.4, -0.2) is 0 Å². The standard InChI is InChI=1S/C15H17ClN2S/c16-11-4-1-3-10(9-11)15(18-17)13-5-2-6-14-12(13)7-8-19-14/h1,3-4,7-9,13,15,18H,2,5-6,17H2. The number of benzene rings is 1. The van der Waals surface area contributed by atoms with E-state index in [0.29, 0.717) is 5.92 Å². The summed E-state index contributed by atoms with van der Waals surface area (Å²) >= 11 is 7.96. The highest BCUT2D eigenvalue weighted by atomic mass is 35.5. The molecule has 3 N–H and O–H groups in total. The average Bonchev–Trinajstić information content (AvgIpc) is 2.89. The van der Waals surface area contributed by atoms with Gasteiger partial charge in [0.25, 0.3) is 0 Å². The molecule has 0 fully saturated rings. The smallest absolute Gasteiger partial charge is 0.0529 e. The summed E-state index contributed by atoms with van der Waals surface area (Å²) in [4.78, 5) is 1.51. The fourth-order valence-corrected chi connectivity index (χ4v) is 4.21. The Morgan fingerprint density at radius 3 is 3.05 bits per heavy atom. The second-order valence-electron chi connectivity index (χ2n) is 5.00. The largest absolute Gasteiger partial charge is 0.271 e. The van der Waals surface area contributed by atoms with Crippen molar-refractivity contribution in [2.24, 2.45) is 5.84 Å². The van der Waals surface area contributed by atoms with Crippen LogP contribution in [0, 0.1) is 0 Å². The van der Waals surface area contributed by atoms with Gasteiger partial charge in [-0.2, -0.15) is 0 Å². The molecule has 2 atom stereocenters. The third kappa shape index (κ3) is 2.56. The third-order valence-corrected chi connectivity index (χ3v) is 5.12. The Kier molecular flexibility index (Phi) is 3.89. The molecule has 2 nitrogen and oxygen atoms in total. The molecule has 19 heavy (non-hydrogen) atoms. The minimum atomic E-state index is 0.132. The molecular formula is C15H17ClN2S. The highest BCUT2D eigenvalue weighted by Gasteiger charge is 2.29. The first-order valence-corrected chi connectivity index (χ1v) is 7.83. The zero-order chi connectivity index (χ0) is 13.2. The van der Waals surface area contributed by atoms with Gasteiger partial charge in [0, 0.05) is 15.8 Å². The molecule has 0 saturated carbocycles. The van der Waals surface area contributed by atoms with E-state index in [2.05, 4.69) is 22.9 Å². The SMILES string of the molecule is NNC(c1cccc(Cl)c1)C1CCCc2sccc21. The van der Waals surface area contributed by atoms with Crippen LogP contribution < -0.4 is 11.3 Å². The molecule has 0 spiro atoms. The molecule has 1 aromatic heterocycles. The quantitative estimate of drug-likeness (QED) is 0.662. The summed E-state index contributed by atoms with van der Waals surface area (Å²) in [6, 6.07) is 10.4. The lowest BCUT2D eigenvalue weighted by Crippen LogP contribution is -2.33. The van der Waals surface area contributed by atoms with E-state index >= 15 is 0 Å². The lowest BCUT2D eigenvalue weighted by molar-refractivity contribution is 0.411. The lowest BCUT2D eigenvalue weighted by Gasteiger charge is -2.30. The fraction of sp³-hybridized carbons (Fsp3) is 0.333. The van der Waals surface area contributed by atoms with Gasteiger partial charge >= 0.3 is 0 Å². The van der Waals surface area contributed by atoms with Crippen molar-refractivity contribution in [2.45, 2.75) is 31.2 Å².